The monoisotopic (exact) mass is 1170 g/mol. The summed E-state index contributed by atoms with van der Waals surface area (Å²) in [6.07, 6.45) is 1.01. The van der Waals surface area contributed by atoms with Gasteiger partial charge >= 0.3 is 0 Å². The first-order chi connectivity index (χ1) is 35.1. The second-order valence-electron chi connectivity index (χ2n) is 19.6. The van der Waals surface area contributed by atoms with Crippen LogP contribution in [0, 0.1) is 34.5 Å². The van der Waals surface area contributed by atoms with Crippen molar-refractivity contribution in [2.75, 3.05) is 40.3 Å². The summed E-state index contributed by atoms with van der Waals surface area (Å²) in [4.78, 5) is 31.2. The molecule has 0 aromatic heterocycles. The molecule has 2 amide bonds. The summed E-state index contributed by atoms with van der Waals surface area (Å²) in [5, 5.41) is 25.8. The molecule has 8 rings (SSSR count). The van der Waals surface area contributed by atoms with Gasteiger partial charge in [0.25, 0.3) is 0 Å². The van der Waals surface area contributed by atoms with Gasteiger partial charge in [-0.1, -0.05) is 93.9 Å². The van der Waals surface area contributed by atoms with Crippen molar-refractivity contribution >= 4 is 101 Å². The lowest BCUT2D eigenvalue weighted by Gasteiger charge is -2.37. The van der Waals surface area contributed by atoms with Crippen LogP contribution in [0.2, 0.25) is 30.1 Å². The van der Waals surface area contributed by atoms with Gasteiger partial charge in [0.2, 0.25) is 11.8 Å². The third-order valence-corrected chi connectivity index (χ3v) is 20.7. The van der Waals surface area contributed by atoms with E-state index in [0.29, 0.717) is 72.0 Å². The van der Waals surface area contributed by atoms with Gasteiger partial charge in [0.05, 0.1) is 79.7 Å². The van der Waals surface area contributed by atoms with Crippen molar-refractivity contribution in [3.63, 3.8) is 0 Å². The van der Waals surface area contributed by atoms with Gasteiger partial charge in [-0.3, -0.25) is 9.59 Å². The highest BCUT2D eigenvalue weighted by Gasteiger charge is 2.50. The lowest BCUT2D eigenvalue weighted by atomic mass is 9.88. The number of benzene rings is 4. The molecule has 396 valence electrons. The molecular weight excluding hydrogens is 1110 g/mol. The number of nitriles is 2. The standard InChI is InChI=1S/2C26H28Cl3N3O4S/c2*1-32-10-8-26(16-30,9-11-32)31-25(33)21-13-20(37(34,35)24-7-6-19(28)12-22(24)29)14-23(21)36-15-17-2-4-18(27)5-3-17/h2*2-7,12,20-21,23H,8-11,13-15H2,1H3,(H,31,33)/t2*20-,21-,23-/m10/s1. The number of nitrogens with one attached hydrogen (secondary N) is 2. The van der Waals surface area contributed by atoms with Crippen LogP contribution in [0.5, 0.6) is 0 Å². The Morgan fingerprint density at radius 3 is 1.19 bits per heavy atom. The SMILES string of the molecule is CN1CCC(C#N)(NC(=O)[C@@H]2C[C@@H](S(=O)(=O)c3ccc(Cl)cc3Cl)C[C@H]2OCc2ccc(Cl)cc2)CC1.CN1CCC(C#N)(NC(=O)[C@H]2C[C@H](S(=O)(=O)c3ccc(Cl)cc3Cl)C[C@@H]2OCc2ccc(Cl)cc2)CC1. The zero-order valence-corrected chi connectivity index (χ0v) is 46.8. The molecule has 22 heteroatoms. The van der Waals surface area contributed by atoms with Gasteiger partial charge in [-0.25, -0.2) is 16.8 Å². The Kier molecular flexibility index (Phi) is 19.4. The third kappa shape index (κ3) is 14.1. The van der Waals surface area contributed by atoms with E-state index < -0.39 is 65.3 Å². The molecule has 6 atom stereocenters. The van der Waals surface area contributed by atoms with Gasteiger partial charge in [0.1, 0.15) is 11.1 Å². The minimum atomic E-state index is -3.87. The number of carbonyl (C=O) groups excluding carboxylic acids is 2. The number of nitrogens with zero attached hydrogens (tertiary/aromatic N) is 4. The fourth-order valence-corrected chi connectivity index (χ4v) is 15.3. The third-order valence-electron chi connectivity index (χ3n) is 14.5. The maximum atomic E-state index is 13.6. The molecule has 2 aliphatic carbocycles. The van der Waals surface area contributed by atoms with Crippen molar-refractivity contribution in [1.82, 2.24) is 20.4 Å². The number of hydrogen-bond acceptors (Lipinski definition) is 12. The number of halogens is 6. The Morgan fingerprint density at radius 1 is 0.554 bits per heavy atom. The summed E-state index contributed by atoms with van der Waals surface area (Å²) in [6, 6.07) is 27.3. The van der Waals surface area contributed by atoms with Crippen molar-refractivity contribution in [3.8, 4) is 12.1 Å². The van der Waals surface area contributed by atoms with E-state index in [4.69, 9.17) is 79.1 Å². The molecule has 4 aliphatic rings. The van der Waals surface area contributed by atoms with Crippen LogP contribution in [0.25, 0.3) is 0 Å². The first kappa shape index (κ1) is 58.0. The summed E-state index contributed by atoms with van der Waals surface area (Å²) >= 11 is 36.3. The average molecular weight is 1170 g/mol. The number of likely N-dealkylation sites (tertiary alicyclic amines) is 2. The number of carbonyl (C=O) groups is 2. The van der Waals surface area contributed by atoms with Crippen LogP contribution in [0.3, 0.4) is 0 Å². The molecule has 0 spiro atoms. The van der Waals surface area contributed by atoms with Crippen LogP contribution >= 0.6 is 69.6 Å². The average Bonchev–Trinajstić information content (AvgIpc) is 4.02. The molecule has 2 saturated heterocycles. The quantitative estimate of drug-likeness (QED) is 0.121. The Hall–Kier alpha value is -3.72. The van der Waals surface area contributed by atoms with Gasteiger partial charge in [-0.15, -0.1) is 0 Å². The predicted octanol–water partition coefficient (Wildman–Crippen LogP) is 9.78. The maximum absolute atomic E-state index is 13.6. The maximum Gasteiger partial charge on any atom is 0.227 e. The zero-order chi connectivity index (χ0) is 53.6. The normalized spacial score (nSPS) is 23.9. The van der Waals surface area contributed by atoms with Gasteiger partial charge in [-0.2, -0.15) is 10.5 Å². The molecule has 2 saturated carbocycles. The lowest BCUT2D eigenvalue weighted by molar-refractivity contribution is -0.132. The minimum Gasteiger partial charge on any atom is -0.373 e. The minimum absolute atomic E-state index is 0.0233. The summed E-state index contributed by atoms with van der Waals surface area (Å²) in [7, 11) is -3.81. The second-order valence-corrected chi connectivity index (χ2v) is 26.5. The van der Waals surface area contributed by atoms with Crippen molar-refractivity contribution in [1.29, 1.82) is 10.5 Å². The number of hydrogen-bond donors (Lipinski definition) is 2. The van der Waals surface area contributed by atoms with Crippen LogP contribution in [0.15, 0.2) is 94.7 Å². The first-order valence-electron chi connectivity index (χ1n) is 24.0. The molecule has 74 heavy (non-hydrogen) atoms. The summed E-state index contributed by atoms with van der Waals surface area (Å²) in [5.74, 6) is -2.23. The fraction of sp³-hybridized carbons (Fsp3) is 0.462. The molecule has 2 N–H and O–H groups in total. The molecule has 0 radical (unpaired) electrons. The van der Waals surface area contributed by atoms with Gasteiger partial charge in [0.15, 0.2) is 19.7 Å². The summed E-state index contributed by atoms with van der Waals surface area (Å²) in [5.41, 5.74) is -0.277. The fourth-order valence-electron chi connectivity index (χ4n) is 9.86. The topological polar surface area (TPSA) is 199 Å². The number of rotatable bonds is 14. The van der Waals surface area contributed by atoms with E-state index in [1.807, 2.05) is 38.4 Å². The highest BCUT2D eigenvalue weighted by atomic mass is 35.5. The van der Waals surface area contributed by atoms with Crippen LogP contribution < -0.4 is 10.6 Å². The van der Waals surface area contributed by atoms with Crippen molar-refractivity contribution in [2.24, 2.45) is 11.8 Å². The van der Waals surface area contributed by atoms with E-state index in [1.165, 1.54) is 36.4 Å². The van der Waals surface area contributed by atoms with Crippen molar-refractivity contribution in [3.05, 3.63) is 126 Å². The van der Waals surface area contributed by atoms with Crippen LogP contribution in [-0.2, 0) is 52.0 Å². The highest BCUT2D eigenvalue weighted by molar-refractivity contribution is 7.92. The highest BCUT2D eigenvalue weighted by Crippen LogP contribution is 2.41. The smallest absolute Gasteiger partial charge is 0.227 e. The van der Waals surface area contributed by atoms with Gasteiger partial charge in [0, 0.05) is 46.3 Å². The van der Waals surface area contributed by atoms with Crippen LogP contribution in [-0.4, -0.2) is 113 Å². The zero-order valence-electron chi connectivity index (χ0n) is 40.6. The number of amides is 2. The van der Waals surface area contributed by atoms with E-state index in [9.17, 15) is 36.9 Å². The van der Waals surface area contributed by atoms with E-state index in [0.717, 1.165) is 11.1 Å². The largest absolute Gasteiger partial charge is 0.373 e. The predicted molar refractivity (Wildman–Crippen MR) is 287 cm³/mol. The van der Waals surface area contributed by atoms with Crippen LogP contribution in [0.4, 0.5) is 0 Å². The second kappa shape index (κ2) is 24.7. The van der Waals surface area contributed by atoms with Crippen molar-refractivity contribution in [2.45, 2.75) is 108 Å². The molecule has 4 fully saturated rings. The van der Waals surface area contributed by atoms with E-state index in [2.05, 4.69) is 32.6 Å². The van der Waals surface area contributed by atoms with Crippen molar-refractivity contribution < 1.29 is 35.9 Å². The van der Waals surface area contributed by atoms with E-state index >= 15 is 0 Å². The Labute approximate surface area is 463 Å². The molecular formula is C52H56Cl6N6O8S2. The van der Waals surface area contributed by atoms with Gasteiger partial charge in [-0.05, 0) is 137 Å². The van der Waals surface area contributed by atoms with Gasteiger partial charge < -0.3 is 29.9 Å². The number of sulfone groups is 2. The molecule has 4 aromatic rings. The Balaban J connectivity index is 0.000000216. The van der Waals surface area contributed by atoms with E-state index in [-0.39, 0.29) is 70.5 Å². The molecule has 2 aliphatic heterocycles. The molecule has 2 heterocycles. The summed E-state index contributed by atoms with van der Waals surface area (Å²) < 4.78 is 66.5. The molecule has 4 aromatic carbocycles. The molecule has 0 bridgehead atoms. The van der Waals surface area contributed by atoms with Crippen LogP contribution in [0.1, 0.15) is 62.5 Å². The van der Waals surface area contributed by atoms with E-state index in [1.54, 1.807) is 24.3 Å². The molecule has 0 unspecified atom stereocenters. The molecule has 14 nitrogen and oxygen atoms in total. The number of ether oxygens (including phenoxy) is 2. The Morgan fingerprint density at radius 2 is 0.878 bits per heavy atom. The number of piperidine rings is 2. The Bertz CT molecular complexity index is 2780. The first-order valence-corrected chi connectivity index (χ1v) is 29.4. The lowest BCUT2D eigenvalue weighted by Crippen LogP contribution is -2.55. The summed E-state index contributed by atoms with van der Waals surface area (Å²) in [6.45, 7) is 3.10.